The second-order valence-corrected chi connectivity index (χ2v) is 9.86. The predicted octanol–water partition coefficient (Wildman–Crippen LogP) is 4.24. The van der Waals surface area contributed by atoms with E-state index in [9.17, 15) is 14.9 Å². The third kappa shape index (κ3) is 6.02. The molecule has 2 heterocycles. The number of aromatic nitrogens is 3. The Labute approximate surface area is 220 Å². The zero-order valence-electron chi connectivity index (χ0n) is 21.1. The number of halogens is 1. The van der Waals surface area contributed by atoms with E-state index >= 15 is 0 Å². The Balaban J connectivity index is 1.90. The van der Waals surface area contributed by atoms with Crippen LogP contribution in [0.1, 0.15) is 25.0 Å². The standard InChI is InChI=1S/C28H27ClN6O2/c1-17(2)32-25(36)16-35-27(20-7-5-6-18(8-20)13-30)33-26-24(28(35)37)12-22(14-31-26)21-9-19(15-34(3)4)10-23(29)11-21/h5-12,14,17H,15-16H2,1-4H3,(H,32,36). The summed E-state index contributed by atoms with van der Waals surface area (Å²) in [5, 5.41) is 13.0. The molecule has 0 atom stereocenters. The first-order valence-electron chi connectivity index (χ1n) is 11.8. The number of pyridine rings is 1. The number of carbonyl (C=O) groups excluding carboxylic acids is 1. The third-order valence-electron chi connectivity index (χ3n) is 5.60. The van der Waals surface area contributed by atoms with Crippen LogP contribution in [0.15, 0.2) is 59.5 Å². The van der Waals surface area contributed by atoms with Gasteiger partial charge in [0.1, 0.15) is 12.4 Å². The first kappa shape index (κ1) is 26.0. The summed E-state index contributed by atoms with van der Waals surface area (Å²) in [4.78, 5) is 37.6. The fraction of sp³-hybridized carbons (Fsp3) is 0.250. The van der Waals surface area contributed by atoms with E-state index in [0.717, 1.165) is 11.1 Å². The van der Waals surface area contributed by atoms with E-state index in [-0.39, 0.29) is 35.4 Å². The van der Waals surface area contributed by atoms with Crippen molar-refractivity contribution < 1.29 is 4.79 Å². The highest BCUT2D eigenvalue weighted by molar-refractivity contribution is 6.31. The van der Waals surface area contributed by atoms with E-state index < -0.39 is 5.56 Å². The molecule has 0 unspecified atom stereocenters. The molecule has 1 amide bonds. The van der Waals surface area contributed by atoms with Crippen LogP contribution < -0.4 is 10.9 Å². The van der Waals surface area contributed by atoms with Gasteiger partial charge in [0.15, 0.2) is 5.65 Å². The highest BCUT2D eigenvalue weighted by Gasteiger charge is 2.18. The average molecular weight is 515 g/mol. The highest BCUT2D eigenvalue weighted by Crippen LogP contribution is 2.27. The minimum atomic E-state index is -0.397. The molecule has 0 spiro atoms. The van der Waals surface area contributed by atoms with Crippen molar-refractivity contribution >= 4 is 28.5 Å². The van der Waals surface area contributed by atoms with E-state index in [1.807, 2.05) is 51.0 Å². The summed E-state index contributed by atoms with van der Waals surface area (Å²) in [6.45, 7) is 4.18. The monoisotopic (exact) mass is 514 g/mol. The molecule has 0 aliphatic carbocycles. The summed E-state index contributed by atoms with van der Waals surface area (Å²) < 4.78 is 1.33. The number of benzene rings is 2. The van der Waals surface area contributed by atoms with Crippen LogP contribution in [0.4, 0.5) is 0 Å². The molecular formula is C28H27ClN6O2. The number of fused-ring (bicyclic) bond motifs is 1. The number of nitrogens with zero attached hydrogens (tertiary/aromatic N) is 5. The van der Waals surface area contributed by atoms with E-state index in [4.69, 9.17) is 11.6 Å². The Bertz CT molecular complexity index is 1590. The van der Waals surface area contributed by atoms with Gasteiger partial charge in [-0.1, -0.05) is 23.7 Å². The maximum absolute atomic E-state index is 13.8. The summed E-state index contributed by atoms with van der Waals surface area (Å²) in [5.41, 5.74) is 3.39. The summed E-state index contributed by atoms with van der Waals surface area (Å²) >= 11 is 6.39. The normalized spacial score (nSPS) is 11.2. The zero-order chi connectivity index (χ0) is 26.7. The fourth-order valence-electron chi connectivity index (χ4n) is 4.14. The summed E-state index contributed by atoms with van der Waals surface area (Å²) in [6, 6.07) is 16.2. The molecule has 37 heavy (non-hydrogen) atoms. The topological polar surface area (TPSA) is 104 Å². The van der Waals surface area contributed by atoms with Crippen LogP contribution >= 0.6 is 11.6 Å². The predicted molar refractivity (Wildman–Crippen MR) is 145 cm³/mol. The lowest BCUT2D eigenvalue weighted by atomic mass is 10.0. The Morgan fingerprint density at radius 1 is 1.14 bits per heavy atom. The Hall–Kier alpha value is -4.06. The number of carbonyl (C=O) groups is 1. The van der Waals surface area contributed by atoms with Crippen molar-refractivity contribution in [3.05, 3.63) is 81.2 Å². The molecule has 188 valence electrons. The fourth-order valence-corrected chi connectivity index (χ4v) is 4.40. The van der Waals surface area contributed by atoms with Crippen molar-refractivity contribution in [1.82, 2.24) is 24.8 Å². The number of hydrogen-bond acceptors (Lipinski definition) is 6. The van der Waals surface area contributed by atoms with Crippen molar-refractivity contribution in [2.24, 2.45) is 0 Å². The molecule has 4 aromatic rings. The molecule has 0 bridgehead atoms. The molecule has 8 nitrogen and oxygen atoms in total. The molecule has 1 N–H and O–H groups in total. The Kier molecular flexibility index (Phi) is 7.67. The summed E-state index contributed by atoms with van der Waals surface area (Å²) in [6.07, 6.45) is 1.66. The van der Waals surface area contributed by atoms with Crippen molar-refractivity contribution in [3.8, 4) is 28.6 Å². The smallest absolute Gasteiger partial charge is 0.263 e. The minimum Gasteiger partial charge on any atom is -0.352 e. The maximum atomic E-state index is 13.8. The van der Waals surface area contributed by atoms with Crippen molar-refractivity contribution in [2.75, 3.05) is 14.1 Å². The van der Waals surface area contributed by atoms with Gasteiger partial charge >= 0.3 is 0 Å². The highest BCUT2D eigenvalue weighted by atomic mass is 35.5. The van der Waals surface area contributed by atoms with Gasteiger partial charge in [0.2, 0.25) is 5.91 Å². The van der Waals surface area contributed by atoms with Gasteiger partial charge in [0.25, 0.3) is 5.56 Å². The van der Waals surface area contributed by atoms with E-state index in [1.54, 1.807) is 36.5 Å². The van der Waals surface area contributed by atoms with Crippen LogP contribution in [0.2, 0.25) is 5.02 Å². The van der Waals surface area contributed by atoms with E-state index in [0.29, 0.717) is 28.3 Å². The lowest BCUT2D eigenvalue weighted by Crippen LogP contribution is -2.37. The summed E-state index contributed by atoms with van der Waals surface area (Å²) in [5.74, 6) is -0.0481. The second-order valence-electron chi connectivity index (χ2n) is 9.42. The average Bonchev–Trinajstić information content (AvgIpc) is 2.84. The number of nitrogens with one attached hydrogen (secondary N) is 1. The maximum Gasteiger partial charge on any atom is 0.263 e. The van der Waals surface area contributed by atoms with Gasteiger partial charge in [0, 0.05) is 34.9 Å². The van der Waals surface area contributed by atoms with Gasteiger partial charge in [-0.25, -0.2) is 9.97 Å². The molecule has 0 aliphatic rings. The number of amides is 1. The van der Waals surface area contributed by atoms with E-state index in [1.165, 1.54) is 4.57 Å². The minimum absolute atomic E-state index is 0.0885. The van der Waals surface area contributed by atoms with Crippen LogP contribution in [-0.4, -0.2) is 45.5 Å². The quantitative estimate of drug-likeness (QED) is 0.395. The van der Waals surface area contributed by atoms with Gasteiger partial charge < -0.3 is 10.2 Å². The van der Waals surface area contributed by atoms with Crippen LogP contribution in [0.5, 0.6) is 0 Å². The van der Waals surface area contributed by atoms with Crippen molar-refractivity contribution in [2.45, 2.75) is 33.0 Å². The zero-order valence-corrected chi connectivity index (χ0v) is 21.9. The molecule has 4 rings (SSSR count). The van der Waals surface area contributed by atoms with Gasteiger partial charge in [-0.3, -0.25) is 14.2 Å². The molecular weight excluding hydrogens is 488 g/mol. The molecule has 9 heteroatoms. The second kappa shape index (κ2) is 10.9. The van der Waals surface area contributed by atoms with Crippen LogP contribution in [0.3, 0.4) is 0 Å². The molecule has 0 saturated carbocycles. The van der Waals surface area contributed by atoms with Crippen molar-refractivity contribution in [1.29, 1.82) is 5.26 Å². The summed E-state index contributed by atoms with van der Waals surface area (Å²) in [7, 11) is 3.96. The lowest BCUT2D eigenvalue weighted by molar-refractivity contribution is -0.122. The number of rotatable bonds is 7. The molecule has 0 aliphatic heterocycles. The number of nitriles is 1. The first-order chi connectivity index (χ1) is 17.6. The van der Waals surface area contributed by atoms with Crippen LogP contribution in [0, 0.1) is 11.3 Å². The van der Waals surface area contributed by atoms with Gasteiger partial charge in [-0.15, -0.1) is 0 Å². The van der Waals surface area contributed by atoms with Crippen molar-refractivity contribution in [3.63, 3.8) is 0 Å². The lowest BCUT2D eigenvalue weighted by Gasteiger charge is -2.15. The first-order valence-corrected chi connectivity index (χ1v) is 12.2. The van der Waals surface area contributed by atoms with Crippen LogP contribution in [-0.2, 0) is 17.9 Å². The Morgan fingerprint density at radius 2 is 1.92 bits per heavy atom. The van der Waals surface area contributed by atoms with Gasteiger partial charge in [0.05, 0.1) is 17.0 Å². The van der Waals surface area contributed by atoms with Gasteiger partial charge in [-0.05, 0) is 75.5 Å². The van der Waals surface area contributed by atoms with Crippen LogP contribution in [0.25, 0.3) is 33.5 Å². The molecule has 2 aromatic carbocycles. The SMILES string of the molecule is CC(C)NC(=O)Cn1c(-c2cccc(C#N)c2)nc2ncc(-c3cc(Cl)cc(CN(C)C)c3)cc2c1=O. The number of hydrogen-bond donors (Lipinski definition) is 1. The molecule has 0 fully saturated rings. The Morgan fingerprint density at radius 3 is 2.62 bits per heavy atom. The molecule has 0 saturated heterocycles. The van der Waals surface area contributed by atoms with E-state index in [2.05, 4.69) is 21.4 Å². The largest absolute Gasteiger partial charge is 0.352 e. The molecule has 2 aromatic heterocycles. The molecule has 0 radical (unpaired) electrons. The van der Waals surface area contributed by atoms with Gasteiger partial charge in [-0.2, -0.15) is 5.26 Å². The third-order valence-corrected chi connectivity index (χ3v) is 5.82.